The highest BCUT2D eigenvalue weighted by molar-refractivity contribution is 6.23. The number of hydrogen-bond acceptors (Lipinski definition) is 5. The standard InChI is InChI=1S/C18H21N5O2/c1-12-11-13(21-20-12)5-6-22-7-9-23(10-8-22)15-4-2-3-14-16(15)18(25)19-17(14)24/h2-4,11H,5-10H2,1H3,(H,20,21)(H,19,24,25). The van der Waals surface area contributed by atoms with E-state index in [1.807, 2.05) is 19.1 Å². The van der Waals surface area contributed by atoms with Crippen LogP contribution < -0.4 is 10.2 Å². The zero-order valence-electron chi connectivity index (χ0n) is 14.2. The van der Waals surface area contributed by atoms with E-state index in [0.29, 0.717) is 11.1 Å². The quantitative estimate of drug-likeness (QED) is 0.811. The molecule has 0 aliphatic carbocycles. The van der Waals surface area contributed by atoms with Gasteiger partial charge in [0.2, 0.25) is 0 Å². The number of imide groups is 1. The number of carbonyl (C=O) groups excluding carboxylic acids is 2. The van der Waals surface area contributed by atoms with Crippen LogP contribution in [0.1, 0.15) is 32.1 Å². The van der Waals surface area contributed by atoms with Gasteiger partial charge in [-0.05, 0) is 25.1 Å². The molecule has 0 radical (unpaired) electrons. The topological polar surface area (TPSA) is 81.3 Å². The van der Waals surface area contributed by atoms with Gasteiger partial charge >= 0.3 is 0 Å². The number of H-pyrrole nitrogens is 1. The summed E-state index contributed by atoms with van der Waals surface area (Å²) in [5, 5.41) is 9.64. The maximum Gasteiger partial charge on any atom is 0.261 e. The Balaban J connectivity index is 1.40. The van der Waals surface area contributed by atoms with Crippen LogP contribution >= 0.6 is 0 Å². The lowest BCUT2D eigenvalue weighted by molar-refractivity contribution is 0.0879. The number of carbonyl (C=O) groups is 2. The van der Waals surface area contributed by atoms with Crippen molar-refractivity contribution < 1.29 is 9.59 Å². The van der Waals surface area contributed by atoms with Crippen molar-refractivity contribution in [2.45, 2.75) is 13.3 Å². The smallest absolute Gasteiger partial charge is 0.261 e. The average Bonchev–Trinajstić information content (AvgIpc) is 3.17. The van der Waals surface area contributed by atoms with Gasteiger partial charge < -0.3 is 4.90 Å². The number of anilines is 1. The lowest BCUT2D eigenvalue weighted by Crippen LogP contribution is -2.47. The first-order valence-electron chi connectivity index (χ1n) is 8.59. The Hall–Kier alpha value is -2.67. The summed E-state index contributed by atoms with van der Waals surface area (Å²) in [5.74, 6) is -0.582. The van der Waals surface area contributed by atoms with Crippen LogP contribution in [-0.4, -0.2) is 59.6 Å². The van der Waals surface area contributed by atoms with Gasteiger partial charge in [0.25, 0.3) is 11.8 Å². The molecule has 4 rings (SSSR count). The molecule has 2 N–H and O–H groups in total. The number of hydrogen-bond donors (Lipinski definition) is 2. The Labute approximate surface area is 146 Å². The van der Waals surface area contributed by atoms with Crippen LogP contribution in [0.15, 0.2) is 24.3 Å². The predicted molar refractivity (Wildman–Crippen MR) is 93.9 cm³/mol. The van der Waals surface area contributed by atoms with Crippen LogP contribution in [0.5, 0.6) is 0 Å². The molecule has 2 amide bonds. The number of aromatic amines is 1. The molecule has 0 saturated carbocycles. The lowest BCUT2D eigenvalue weighted by atomic mass is 10.1. The van der Waals surface area contributed by atoms with Gasteiger partial charge in [0.05, 0.1) is 22.5 Å². The molecule has 0 bridgehead atoms. The molecule has 2 aromatic rings. The minimum atomic E-state index is -0.296. The number of aromatic nitrogens is 2. The SMILES string of the molecule is Cc1cc(CCN2CCN(c3cccc4c3C(=O)NC4=O)CC2)n[nH]1. The molecule has 25 heavy (non-hydrogen) atoms. The van der Waals surface area contributed by atoms with E-state index in [4.69, 9.17) is 0 Å². The van der Waals surface area contributed by atoms with Gasteiger partial charge in [-0.3, -0.25) is 24.9 Å². The zero-order valence-corrected chi connectivity index (χ0v) is 14.2. The van der Waals surface area contributed by atoms with E-state index in [-0.39, 0.29) is 11.8 Å². The number of nitrogens with one attached hydrogen (secondary N) is 2. The van der Waals surface area contributed by atoms with Crippen molar-refractivity contribution in [1.29, 1.82) is 0 Å². The Kier molecular flexibility index (Phi) is 4.01. The van der Waals surface area contributed by atoms with Crippen molar-refractivity contribution in [3.63, 3.8) is 0 Å². The maximum absolute atomic E-state index is 12.1. The summed E-state index contributed by atoms with van der Waals surface area (Å²) in [6.45, 7) is 6.54. The second-order valence-corrected chi connectivity index (χ2v) is 6.60. The molecular weight excluding hydrogens is 318 g/mol. The highest BCUT2D eigenvalue weighted by Crippen LogP contribution is 2.28. The lowest BCUT2D eigenvalue weighted by Gasteiger charge is -2.36. The zero-order chi connectivity index (χ0) is 17.4. The van der Waals surface area contributed by atoms with Gasteiger partial charge in [-0.2, -0.15) is 5.10 Å². The minimum Gasteiger partial charge on any atom is -0.368 e. The Bertz CT molecular complexity index is 821. The van der Waals surface area contributed by atoms with Crippen LogP contribution in [0.3, 0.4) is 0 Å². The fraction of sp³-hybridized carbons (Fsp3) is 0.389. The van der Waals surface area contributed by atoms with E-state index in [1.165, 1.54) is 0 Å². The highest BCUT2D eigenvalue weighted by Gasteiger charge is 2.31. The summed E-state index contributed by atoms with van der Waals surface area (Å²) in [6, 6.07) is 7.57. The van der Waals surface area contributed by atoms with E-state index in [2.05, 4.69) is 31.4 Å². The van der Waals surface area contributed by atoms with E-state index in [1.54, 1.807) is 6.07 Å². The fourth-order valence-corrected chi connectivity index (χ4v) is 3.55. The van der Waals surface area contributed by atoms with Gasteiger partial charge in [-0.25, -0.2) is 0 Å². The number of rotatable bonds is 4. The summed E-state index contributed by atoms with van der Waals surface area (Å²) < 4.78 is 0. The summed E-state index contributed by atoms with van der Waals surface area (Å²) >= 11 is 0. The third-order valence-electron chi connectivity index (χ3n) is 4.90. The summed E-state index contributed by atoms with van der Waals surface area (Å²) in [5.41, 5.74) is 4.05. The first-order valence-corrected chi connectivity index (χ1v) is 8.59. The number of piperazine rings is 1. The fourth-order valence-electron chi connectivity index (χ4n) is 3.55. The van der Waals surface area contributed by atoms with Crippen molar-refractivity contribution in [3.05, 3.63) is 46.8 Å². The predicted octanol–water partition coefficient (Wildman–Crippen LogP) is 0.966. The molecule has 2 aliphatic rings. The largest absolute Gasteiger partial charge is 0.368 e. The van der Waals surface area contributed by atoms with Crippen molar-refractivity contribution >= 4 is 17.5 Å². The molecule has 130 valence electrons. The summed E-state index contributed by atoms with van der Waals surface area (Å²) in [4.78, 5) is 28.5. The molecule has 0 spiro atoms. The van der Waals surface area contributed by atoms with Crippen LogP contribution in [0.4, 0.5) is 5.69 Å². The first kappa shape index (κ1) is 15.8. The van der Waals surface area contributed by atoms with Gasteiger partial charge in [-0.1, -0.05) is 6.07 Å². The molecule has 7 heteroatoms. The van der Waals surface area contributed by atoms with Gasteiger partial charge in [-0.15, -0.1) is 0 Å². The monoisotopic (exact) mass is 339 g/mol. The molecule has 0 unspecified atom stereocenters. The summed E-state index contributed by atoms with van der Waals surface area (Å²) in [7, 11) is 0. The molecule has 1 aromatic carbocycles. The van der Waals surface area contributed by atoms with Crippen molar-refractivity contribution in [1.82, 2.24) is 20.4 Å². The van der Waals surface area contributed by atoms with Crippen LogP contribution in [0, 0.1) is 6.92 Å². The van der Waals surface area contributed by atoms with Crippen molar-refractivity contribution in [2.24, 2.45) is 0 Å². The van der Waals surface area contributed by atoms with E-state index in [9.17, 15) is 9.59 Å². The number of fused-ring (bicyclic) bond motifs is 1. The van der Waals surface area contributed by atoms with E-state index >= 15 is 0 Å². The molecule has 1 aromatic heterocycles. The first-order chi connectivity index (χ1) is 12.1. The van der Waals surface area contributed by atoms with Gasteiger partial charge in [0, 0.05) is 44.8 Å². The van der Waals surface area contributed by atoms with Crippen molar-refractivity contribution in [2.75, 3.05) is 37.6 Å². The van der Waals surface area contributed by atoms with Crippen LogP contribution in [-0.2, 0) is 6.42 Å². The van der Waals surface area contributed by atoms with Crippen LogP contribution in [0.2, 0.25) is 0 Å². The van der Waals surface area contributed by atoms with E-state index < -0.39 is 0 Å². The third kappa shape index (κ3) is 3.02. The number of aryl methyl sites for hydroxylation is 1. The molecule has 1 fully saturated rings. The molecule has 7 nitrogen and oxygen atoms in total. The normalized spacial score (nSPS) is 17.7. The number of benzene rings is 1. The Morgan fingerprint density at radius 3 is 2.64 bits per heavy atom. The summed E-state index contributed by atoms with van der Waals surface area (Å²) in [6.07, 6.45) is 0.933. The highest BCUT2D eigenvalue weighted by atomic mass is 16.2. The molecule has 1 saturated heterocycles. The second-order valence-electron chi connectivity index (χ2n) is 6.60. The molecule has 3 heterocycles. The maximum atomic E-state index is 12.1. The number of amides is 2. The van der Waals surface area contributed by atoms with Crippen molar-refractivity contribution in [3.8, 4) is 0 Å². The van der Waals surface area contributed by atoms with E-state index in [0.717, 1.165) is 56.2 Å². The van der Waals surface area contributed by atoms with Crippen LogP contribution in [0.25, 0.3) is 0 Å². The van der Waals surface area contributed by atoms with Gasteiger partial charge in [0.1, 0.15) is 0 Å². The Morgan fingerprint density at radius 1 is 1.12 bits per heavy atom. The molecular formula is C18H21N5O2. The minimum absolute atomic E-state index is 0.285. The molecule has 0 atom stereocenters. The Morgan fingerprint density at radius 2 is 1.92 bits per heavy atom. The second kappa shape index (κ2) is 6.33. The molecule has 2 aliphatic heterocycles. The number of nitrogens with zero attached hydrogens (tertiary/aromatic N) is 3. The average molecular weight is 339 g/mol. The van der Waals surface area contributed by atoms with Gasteiger partial charge in [0.15, 0.2) is 0 Å². The third-order valence-corrected chi connectivity index (χ3v) is 4.90.